The largest absolute Gasteiger partial charge is 0.441 e. The van der Waals surface area contributed by atoms with Gasteiger partial charge in [-0.2, -0.15) is 10.4 Å². The molecule has 1 saturated heterocycles. The normalized spacial score (nSPS) is 19.5. The zero-order valence-corrected chi connectivity index (χ0v) is 19.6. The highest BCUT2D eigenvalue weighted by Gasteiger charge is 2.42. The first-order chi connectivity index (χ1) is 17.3. The second-order valence-electron chi connectivity index (χ2n) is 8.60. The second-order valence-corrected chi connectivity index (χ2v) is 8.60. The van der Waals surface area contributed by atoms with Gasteiger partial charge in [-0.3, -0.25) is 9.50 Å². The Morgan fingerprint density at radius 1 is 1.39 bits per heavy atom. The van der Waals surface area contributed by atoms with Gasteiger partial charge in [-0.1, -0.05) is 0 Å². The molecular formula is C22H23FN10O3. The molecule has 186 valence electrons. The monoisotopic (exact) mass is 494 g/mol. The summed E-state index contributed by atoms with van der Waals surface area (Å²) in [5.41, 5.74) is 2.52. The minimum absolute atomic E-state index is 0.0809. The Morgan fingerprint density at radius 2 is 2.22 bits per heavy atom. The van der Waals surface area contributed by atoms with Gasteiger partial charge >= 0.3 is 6.09 Å². The van der Waals surface area contributed by atoms with Crippen molar-refractivity contribution in [1.29, 1.82) is 5.26 Å². The molecule has 36 heavy (non-hydrogen) atoms. The van der Waals surface area contributed by atoms with E-state index >= 15 is 0 Å². The van der Waals surface area contributed by atoms with E-state index in [4.69, 9.17) is 9.47 Å². The summed E-state index contributed by atoms with van der Waals surface area (Å²) < 4.78 is 29.0. The maximum atomic E-state index is 15.0. The van der Waals surface area contributed by atoms with Crippen LogP contribution in [-0.2, 0) is 9.47 Å². The average Bonchev–Trinajstić information content (AvgIpc) is 3.62. The Kier molecular flexibility index (Phi) is 5.98. The molecule has 1 fully saturated rings. The van der Waals surface area contributed by atoms with Crippen molar-refractivity contribution in [2.75, 3.05) is 11.9 Å². The summed E-state index contributed by atoms with van der Waals surface area (Å²) in [5.74, 6) is 0.684. The van der Waals surface area contributed by atoms with Crippen LogP contribution in [0.4, 0.5) is 21.0 Å². The lowest BCUT2D eigenvalue weighted by Crippen LogP contribution is -2.36. The first-order valence-electron chi connectivity index (χ1n) is 11.2. The molecule has 3 atom stereocenters. The number of aromatic amines is 1. The lowest BCUT2D eigenvalue weighted by molar-refractivity contribution is 0.0615. The molecule has 0 aliphatic carbocycles. The lowest BCUT2D eigenvalue weighted by Gasteiger charge is -2.16. The quantitative estimate of drug-likeness (QED) is 0.366. The summed E-state index contributed by atoms with van der Waals surface area (Å²) in [7, 11) is 0. The number of carbonyl (C=O) groups excluding carboxylic acids is 1. The van der Waals surface area contributed by atoms with E-state index in [9.17, 15) is 14.4 Å². The van der Waals surface area contributed by atoms with E-state index in [1.54, 1.807) is 47.6 Å². The molecule has 0 saturated carbocycles. The predicted molar refractivity (Wildman–Crippen MR) is 124 cm³/mol. The molecule has 4 aromatic rings. The number of nitrogens with zero attached hydrogens (tertiary/aromatic N) is 7. The van der Waals surface area contributed by atoms with E-state index in [0.717, 1.165) is 5.69 Å². The topological polar surface area (TPSA) is 160 Å². The van der Waals surface area contributed by atoms with Crippen molar-refractivity contribution in [3.05, 3.63) is 48.1 Å². The number of aryl methyl sites for hydroxylation is 1. The van der Waals surface area contributed by atoms with Gasteiger partial charge in [0.25, 0.3) is 0 Å². The van der Waals surface area contributed by atoms with Crippen LogP contribution in [0.5, 0.6) is 0 Å². The van der Waals surface area contributed by atoms with Crippen molar-refractivity contribution in [3.63, 3.8) is 0 Å². The Bertz CT molecular complexity index is 1450. The molecule has 3 N–H and O–H groups in total. The number of amides is 1. The molecule has 1 aliphatic heterocycles. The molecule has 0 aromatic carbocycles. The van der Waals surface area contributed by atoms with Gasteiger partial charge < -0.3 is 24.7 Å². The van der Waals surface area contributed by atoms with Gasteiger partial charge in [-0.25, -0.2) is 24.1 Å². The minimum atomic E-state index is -1.58. The van der Waals surface area contributed by atoms with E-state index in [1.807, 2.05) is 19.2 Å². The van der Waals surface area contributed by atoms with Crippen LogP contribution < -0.4 is 10.6 Å². The van der Waals surface area contributed by atoms with Crippen molar-refractivity contribution in [2.24, 2.45) is 0 Å². The van der Waals surface area contributed by atoms with Gasteiger partial charge in [0, 0.05) is 18.3 Å². The van der Waals surface area contributed by atoms with Crippen LogP contribution >= 0.6 is 0 Å². The maximum Gasteiger partial charge on any atom is 0.407 e. The van der Waals surface area contributed by atoms with Crippen LogP contribution in [0.1, 0.15) is 37.0 Å². The molecule has 4 aromatic heterocycles. The second kappa shape index (κ2) is 9.27. The van der Waals surface area contributed by atoms with Crippen LogP contribution in [0, 0.1) is 18.3 Å². The Balaban J connectivity index is 1.35. The third kappa shape index (κ3) is 4.43. The SMILES string of the molecule is Cc1cn(-c2cnc(Nc3cc([C@H]4OC[C@@H](OC(=O)NC(C)C)[C@H]4F)[nH]n3)n3cc(C#N)nc23)cn1. The number of alkyl carbamates (subject to hydrolysis) is 1. The van der Waals surface area contributed by atoms with Crippen LogP contribution in [0.25, 0.3) is 11.3 Å². The first-order valence-corrected chi connectivity index (χ1v) is 11.2. The highest BCUT2D eigenvalue weighted by Crippen LogP contribution is 2.33. The third-order valence-electron chi connectivity index (χ3n) is 5.47. The minimum Gasteiger partial charge on any atom is -0.441 e. The molecule has 0 radical (unpaired) electrons. The average molecular weight is 494 g/mol. The number of ether oxygens (including phenoxy) is 2. The summed E-state index contributed by atoms with van der Waals surface area (Å²) in [5, 5.41) is 21.9. The Hall–Kier alpha value is -4.51. The number of fused-ring (bicyclic) bond motifs is 1. The standard InChI is InChI=1S/C22H23FN10O3/c1-11(2)27-22(34)36-16-9-35-19(18(16)23)14-4-17(31-30-14)29-21-25-6-15(32-7-12(3)26-10-32)20-28-13(5-24)8-33(20)21/h4,6-8,10-11,16,18-19H,9H2,1-3H3,(H,27,34)(H2,25,29,30,31)/t16-,18-,19-/m1/s1. The fraction of sp³-hybridized carbons (Fsp3) is 0.364. The molecular weight excluding hydrogens is 471 g/mol. The van der Waals surface area contributed by atoms with Gasteiger partial charge in [0.2, 0.25) is 5.95 Å². The summed E-state index contributed by atoms with van der Waals surface area (Å²) in [6.07, 6.45) is 2.31. The van der Waals surface area contributed by atoms with Gasteiger partial charge in [0.05, 0.1) is 36.7 Å². The molecule has 14 heteroatoms. The van der Waals surface area contributed by atoms with Crippen molar-refractivity contribution in [1.82, 2.24) is 39.4 Å². The molecule has 5 heterocycles. The molecule has 1 aliphatic rings. The van der Waals surface area contributed by atoms with Gasteiger partial charge in [0.15, 0.2) is 29.4 Å². The Labute approximate surface area is 204 Å². The first kappa shape index (κ1) is 23.2. The molecule has 0 spiro atoms. The van der Waals surface area contributed by atoms with Crippen molar-refractivity contribution in [2.45, 2.75) is 45.2 Å². The third-order valence-corrected chi connectivity index (χ3v) is 5.47. The van der Waals surface area contributed by atoms with E-state index < -0.39 is 24.5 Å². The number of nitrogens with one attached hydrogen (secondary N) is 3. The van der Waals surface area contributed by atoms with Crippen LogP contribution in [0.3, 0.4) is 0 Å². The smallest absolute Gasteiger partial charge is 0.407 e. The number of anilines is 2. The number of aromatic nitrogens is 7. The summed E-state index contributed by atoms with van der Waals surface area (Å²) in [6.45, 7) is 5.34. The Morgan fingerprint density at radius 3 is 2.94 bits per heavy atom. The molecule has 13 nitrogen and oxygen atoms in total. The highest BCUT2D eigenvalue weighted by atomic mass is 19.1. The highest BCUT2D eigenvalue weighted by molar-refractivity contribution is 5.68. The zero-order chi connectivity index (χ0) is 25.4. The zero-order valence-electron chi connectivity index (χ0n) is 19.6. The summed E-state index contributed by atoms with van der Waals surface area (Å²) >= 11 is 0. The van der Waals surface area contributed by atoms with Crippen molar-refractivity contribution >= 4 is 23.5 Å². The molecule has 0 unspecified atom stereocenters. The number of imidazole rings is 2. The fourth-order valence-corrected chi connectivity index (χ4v) is 3.85. The lowest BCUT2D eigenvalue weighted by atomic mass is 10.1. The maximum absolute atomic E-state index is 15.0. The van der Waals surface area contributed by atoms with Crippen LogP contribution in [0.2, 0.25) is 0 Å². The van der Waals surface area contributed by atoms with Gasteiger partial charge in [0.1, 0.15) is 17.9 Å². The van der Waals surface area contributed by atoms with Gasteiger partial charge in [-0.15, -0.1) is 0 Å². The van der Waals surface area contributed by atoms with Crippen molar-refractivity contribution in [3.8, 4) is 11.8 Å². The van der Waals surface area contributed by atoms with E-state index in [0.29, 0.717) is 28.8 Å². The molecule has 0 bridgehead atoms. The number of alkyl halides is 1. The molecule has 1 amide bonds. The summed E-state index contributed by atoms with van der Waals surface area (Å²) in [6, 6.07) is 3.48. The number of halogens is 1. The number of H-pyrrole nitrogens is 1. The van der Waals surface area contributed by atoms with Crippen molar-refractivity contribution < 1.29 is 18.7 Å². The van der Waals surface area contributed by atoms with Gasteiger partial charge in [-0.05, 0) is 20.8 Å². The van der Waals surface area contributed by atoms with Crippen LogP contribution in [0.15, 0.2) is 31.0 Å². The predicted octanol–water partition coefficient (Wildman–Crippen LogP) is 2.47. The van der Waals surface area contributed by atoms with Crippen LogP contribution in [-0.4, -0.2) is 65.1 Å². The number of rotatable bonds is 6. The summed E-state index contributed by atoms with van der Waals surface area (Å²) in [4.78, 5) is 24.9. The number of hydrogen-bond donors (Lipinski definition) is 3. The number of nitriles is 1. The van der Waals surface area contributed by atoms with E-state index in [-0.39, 0.29) is 18.3 Å². The number of carbonyl (C=O) groups is 1. The fourth-order valence-electron chi connectivity index (χ4n) is 3.85. The van der Waals surface area contributed by atoms with E-state index in [2.05, 4.69) is 35.8 Å². The number of hydrogen-bond acceptors (Lipinski definition) is 9. The van der Waals surface area contributed by atoms with E-state index in [1.165, 1.54) is 0 Å². The molecule has 5 rings (SSSR count).